The van der Waals surface area contributed by atoms with E-state index >= 15 is 0 Å². The molecule has 0 amide bonds. The van der Waals surface area contributed by atoms with Crippen LogP contribution in [0.5, 0.6) is 0 Å². The standard InChI is InChI=1S/C16H25IO4/c1-3-13(2,17)12(18)21-10-14-4-11-5-15(19,7-14)9-16(20,6-11)8-14/h11,19-20H,3-10H2,1-2H3. The van der Waals surface area contributed by atoms with Crippen molar-refractivity contribution in [3.8, 4) is 0 Å². The molecule has 21 heavy (non-hydrogen) atoms. The second kappa shape index (κ2) is 4.81. The molecule has 4 nitrogen and oxygen atoms in total. The number of alkyl halides is 1. The Morgan fingerprint density at radius 2 is 1.81 bits per heavy atom. The highest BCUT2D eigenvalue weighted by Gasteiger charge is 2.63. The fraction of sp³-hybridized carbons (Fsp3) is 0.938. The molecule has 0 heterocycles. The number of carbonyl (C=O) groups is 1. The third kappa shape index (κ3) is 2.85. The fourth-order valence-corrected chi connectivity index (χ4v) is 5.36. The van der Waals surface area contributed by atoms with Crippen LogP contribution in [0.15, 0.2) is 0 Å². The molecule has 4 rings (SSSR count). The van der Waals surface area contributed by atoms with Crippen molar-refractivity contribution in [1.29, 1.82) is 0 Å². The third-order valence-electron chi connectivity index (χ3n) is 5.72. The largest absolute Gasteiger partial charge is 0.464 e. The number of rotatable bonds is 4. The average Bonchev–Trinajstić information content (AvgIpc) is 2.31. The van der Waals surface area contributed by atoms with Crippen LogP contribution in [0.25, 0.3) is 0 Å². The predicted molar refractivity (Wildman–Crippen MR) is 87.2 cm³/mol. The van der Waals surface area contributed by atoms with E-state index in [9.17, 15) is 15.0 Å². The Kier molecular flexibility index (Phi) is 3.66. The smallest absolute Gasteiger partial charge is 0.321 e. The molecule has 4 saturated carbocycles. The van der Waals surface area contributed by atoms with Crippen LogP contribution in [0.4, 0.5) is 0 Å². The summed E-state index contributed by atoms with van der Waals surface area (Å²) in [7, 11) is 0. The third-order valence-corrected chi connectivity index (χ3v) is 6.93. The van der Waals surface area contributed by atoms with Gasteiger partial charge in [0.1, 0.15) is 3.42 Å². The lowest BCUT2D eigenvalue weighted by Crippen LogP contribution is -2.64. The van der Waals surface area contributed by atoms with Crippen molar-refractivity contribution < 1.29 is 19.7 Å². The summed E-state index contributed by atoms with van der Waals surface area (Å²) >= 11 is 2.14. The molecule has 0 radical (unpaired) electrons. The van der Waals surface area contributed by atoms with Gasteiger partial charge in [-0.15, -0.1) is 0 Å². The van der Waals surface area contributed by atoms with Crippen molar-refractivity contribution in [2.45, 2.75) is 73.4 Å². The van der Waals surface area contributed by atoms with Gasteiger partial charge in [-0.25, -0.2) is 0 Å². The molecule has 0 aliphatic heterocycles. The summed E-state index contributed by atoms with van der Waals surface area (Å²) in [4.78, 5) is 12.2. The maximum absolute atomic E-state index is 12.2. The number of halogens is 1. The summed E-state index contributed by atoms with van der Waals surface area (Å²) in [6, 6.07) is 0. The number of aliphatic hydroxyl groups is 2. The van der Waals surface area contributed by atoms with Gasteiger partial charge in [-0.3, -0.25) is 4.79 Å². The summed E-state index contributed by atoms with van der Waals surface area (Å²) in [6.07, 6.45) is 5.11. The minimum atomic E-state index is -0.751. The van der Waals surface area contributed by atoms with E-state index < -0.39 is 14.6 Å². The molecule has 120 valence electrons. The molecule has 4 aliphatic carbocycles. The summed E-state index contributed by atoms with van der Waals surface area (Å²) in [6.45, 7) is 4.20. The van der Waals surface area contributed by atoms with Gasteiger partial charge in [0.15, 0.2) is 0 Å². The molecule has 0 aromatic heterocycles. The summed E-state index contributed by atoms with van der Waals surface area (Å²) in [5, 5.41) is 21.4. The normalized spacial score (nSPS) is 47.2. The first-order valence-electron chi connectivity index (χ1n) is 7.90. The van der Waals surface area contributed by atoms with Crippen LogP contribution < -0.4 is 0 Å². The van der Waals surface area contributed by atoms with Crippen molar-refractivity contribution in [2.75, 3.05) is 6.61 Å². The maximum Gasteiger partial charge on any atom is 0.321 e. The Balaban J connectivity index is 1.72. The second-order valence-electron chi connectivity index (χ2n) is 8.08. The van der Waals surface area contributed by atoms with Gasteiger partial charge in [-0.2, -0.15) is 0 Å². The van der Waals surface area contributed by atoms with Crippen molar-refractivity contribution in [2.24, 2.45) is 11.3 Å². The highest BCUT2D eigenvalue weighted by molar-refractivity contribution is 14.1. The average molecular weight is 408 g/mol. The van der Waals surface area contributed by atoms with E-state index in [1.807, 2.05) is 13.8 Å². The monoisotopic (exact) mass is 408 g/mol. The van der Waals surface area contributed by atoms with Crippen LogP contribution in [-0.4, -0.2) is 37.4 Å². The van der Waals surface area contributed by atoms with E-state index in [4.69, 9.17) is 4.74 Å². The van der Waals surface area contributed by atoms with Gasteiger partial charge in [-0.1, -0.05) is 29.5 Å². The number of esters is 1. The molecule has 3 atom stereocenters. The van der Waals surface area contributed by atoms with Gasteiger partial charge in [0, 0.05) is 11.8 Å². The zero-order valence-electron chi connectivity index (χ0n) is 12.8. The molecular formula is C16H25IO4. The zero-order valence-corrected chi connectivity index (χ0v) is 15.0. The molecule has 0 saturated heterocycles. The Morgan fingerprint density at radius 3 is 2.29 bits per heavy atom. The van der Waals surface area contributed by atoms with E-state index in [0.717, 1.165) is 25.7 Å². The first-order chi connectivity index (χ1) is 9.60. The summed E-state index contributed by atoms with van der Waals surface area (Å²) in [5.74, 6) is 0.187. The molecule has 0 aromatic rings. The van der Waals surface area contributed by atoms with Crippen LogP contribution >= 0.6 is 22.6 Å². The molecule has 0 spiro atoms. The van der Waals surface area contributed by atoms with Crippen molar-refractivity contribution >= 4 is 28.6 Å². The van der Waals surface area contributed by atoms with E-state index in [2.05, 4.69) is 22.6 Å². The van der Waals surface area contributed by atoms with Gasteiger partial charge in [0.2, 0.25) is 0 Å². The zero-order chi connectivity index (χ0) is 15.5. The minimum Gasteiger partial charge on any atom is -0.464 e. The quantitative estimate of drug-likeness (QED) is 0.427. The number of ether oxygens (including phenoxy) is 1. The molecule has 4 fully saturated rings. The highest BCUT2D eigenvalue weighted by Crippen LogP contribution is 2.63. The first-order valence-corrected chi connectivity index (χ1v) is 8.98. The fourth-order valence-electron chi connectivity index (χ4n) is 5.21. The van der Waals surface area contributed by atoms with Gasteiger partial charge < -0.3 is 14.9 Å². The van der Waals surface area contributed by atoms with Gasteiger partial charge in [-0.05, 0) is 51.4 Å². The molecule has 0 aromatic carbocycles. The second-order valence-corrected chi connectivity index (χ2v) is 10.5. The Hall–Kier alpha value is 0.120. The van der Waals surface area contributed by atoms with E-state index in [1.165, 1.54) is 0 Å². The molecule has 3 unspecified atom stereocenters. The van der Waals surface area contributed by atoms with E-state index in [1.54, 1.807) is 0 Å². The number of hydrogen-bond acceptors (Lipinski definition) is 4. The van der Waals surface area contributed by atoms with Crippen LogP contribution in [-0.2, 0) is 9.53 Å². The van der Waals surface area contributed by atoms with Crippen LogP contribution in [0, 0.1) is 11.3 Å². The number of hydrogen-bond donors (Lipinski definition) is 2. The highest BCUT2D eigenvalue weighted by atomic mass is 127. The van der Waals surface area contributed by atoms with Gasteiger partial charge in [0.05, 0.1) is 17.8 Å². The van der Waals surface area contributed by atoms with Gasteiger partial charge >= 0.3 is 5.97 Å². The number of carbonyl (C=O) groups excluding carboxylic acids is 1. The lowest BCUT2D eigenvalue weighted by molar-refractivity contribution is -0.240. The van der Waals surface area contributed by atoms with Crippen LogP contribution in [0.1, 0.15) is 58.8 Å². The van der Waals surface area contributed by atoms with Crippen molar-refractivity contribution in [1.82, 2.24) is 0 Å². The molecule has 4 bridgehead atoms. The van der Waals surface area contributed by atoms with E-state index in [-0.39, 0.29) is 11.4 Å². The van der Waals surface area contributed by atoms with Crippen molar-refractivity contribution in [3.63, 3.8) is 0 Å². The molecule has 2 N–H and O–H groups in total. The Labute approximate surface area is 139 Å². The maximum atomic E-state index is 12.2. The van der Waals surface area contributed by atoms with Crippen LogP contribution in [0.2, 0.25) is 0 Å². The Morgan fingerprint density at radius 1 is 1.24 bits per heavy atom. The van der Waals surface area contributed by atoms with Crippen LogP contribution in [0.3, 0.4) is 0 Å². The molecule has 4 aliphatic rings. The lowest BCUT2D eigenvalue weighted by atomic mass is 9.46. The predicted octanol–water partition coefficient (Wildman–Crippen LogP) is 2.58. The molecular weight excluding hydrogens is 383 g/mol. The van der Waals surface area contributed by atoms with Crippen molar-refractivity contribution in [3.05, 3.63) is 0 Å². The topological polar surface area (TPSA) is 66.8 Å². The van der Waals surface area contributed by atoms with Gasteiger partial charge in [0.25, 0.3) is 0 Å². The SMILES string of the molecule is CCC(C)(I)C(=O)OCC12CC3CC(O)(CC(O)(C3)C1)C2. The lowest BCUT2D eigenvalue weighted by Gasteiger charge is -2.63. The summed E-state index contributed by atoms with van der Waals surface area (Å²) < 4.78 is 5.11. The van der Waals surface area contributed by atoms with E-state index in [0.29, 0.717) is 31.8 Å². The first kappa shape index (κ1) is 16.0. The molecule has 5 heteroatoms. The Bertz CT molecular complexity index is 443. The summed E-state index contributed by atoms with van der Waals surface area (Å²) in [5.41, 5.74) is -1.73. The minimum absolute atomic E-state index is 0.180.